The zero-order valence-corrected chi connectivity index (χ0v) is 34.4. The van der Waals surface area contributed by atoms with Gasteiger partial charge in [0.15, 0.2) is 0 Å². The molecule has 4 aromatic heterocycles. The van der Waals surface area contributed by atoms with Crippen LogP contribution in [-0.2, 0) is 41.8 Å². The van der Waals surface area contributed by atoms with E-state index < -0.39 is 0 Å². The van der Waals surface area contributed by atoms with Crippen LogP contribution < -0.4 is 20.4 Å². The Kier molecular flexibility index (Phi) is 11.1. The quantitative estimate of drug-likeness (QED) is 0.249. The number of hydrogen-bond acceptors (Lipinski definition) is 12. The van der Waals surface area contributed by atoms with Crippen LogP contribution in [0.2, 0.25) is 0 Å². The SMILES string of the molecule is CN(C[C@H]1Cc2c(N3CCOCC3)cc(C3CC[C@H](N(C)C[C@@H]4Cc5c(N6CCOCC6)ccnc5CN4)c4ncccc43)nc2CN1)[C@H]1CCCc2cccnc21. The standard InChI is InChI=1S/C46H60N10O2/c1-53(42-9-3-6-31-7-4-13-48-45(31)42)29-33-25-37-40(28-51-33)52-38(26-44(37)56-18-22-58-23-19-56)34-10-11-43(46-35(34)8-5-14-49-46)54(2)30-32-24-36-39(27-50-32)47-15-12-41(36)55-16-20-57-21-17-55/h4-5,7-8,12-15,26,32-34,42-43,50-51H,3,6,9-11,16-25,27-30H2,1-2H3/t32-,33+,34?,42-,43-/m0/s1. The van der Waals surface area contributed by atoms with E-state index in [0.717, 1.165) is 111 Å². The number of aryl methyl sites for hydroxylation is 1. The van der Waals surface area contributed by atoms with E-state index in [4.69, 9.17) is 29.4 Å². The summed E-state index contributed by atoms with van der Waals surface area (Å²) in [5.74, 6) is 0.211. The fourth-order valence-corrected chi connectivity index (χ4v) is 11.0. The van der Waals surface area contributed by atoms with E-state index in [0.29, 0.717) is 18.1 Å². The summed E-state index contributed by atoms with van der Waals surface area (Å²) in [6, 6.07) is 14.8. The smallest absolute Gasteiger partial charge is 0.0642 e. The topological polar surface area (TPSA) is 107 Å². The molecular weight excluding hydrogens is 725 g/mol. The maximum absolute atomic E-state index is 5.86. The Morgan fingerprint density at radius 2 is 1.33 bits per heavy atom. The molecular formula is C46H60N10O2. The molecule has 2 aliphatic carbocycles. The first-order valence-corrected chi connectivity index (χ1v) is 22.0. The number of hydrogen-bond donors (Lipinski definition) is 2. The molecule has 4 aromatic rings. The maximum Gasteiger partial charge on any atom is 0.0642 e. The Morgan fingerprint density at radius 3 is 2.07 bits per heavy atom. The lowest BCUT2D eigenvalue weighted by Crippen LogP contribution is -2.46. The molecule has 5 atom stereocenters. The predicted octanol–water partition coefficient (Wildman–Crippen LogP) is 4.58. The van der Waals surface area contributed by atoms with Gasteiger partial charge in [-0.3, -0.25) is 29.7 Å². The summed E-state index contributed by atoms with van der Waals surface area (Å²) in [7, 11) is 4.59. The fourth-order valence-electron chi connectivity index (χ4n) is 11.0. The Bertz CT molecular complexity index is 2070. The maximum atomic E-state index is 5.86. The number of fused-ring (bicyclic) bond motifs is 4. The summed E-state index contributed by atoms with van der Waals surface area (Å²) in [6.45, 7) is 10.3. The lowest BCUT2D eigenvalue weighted by molar-refractivity contribution is 0.122. The average molecular weight is 785 g/mol. The van der Waals surface area contributed by atoms with Gasteiger partial charge >= 0.3 is 0 Å². The van der Waals surface area contributed by atoms with E-state index in [2.05, 4.69) is 80.7 Å². The molecule has 8 heterocycles. The van der Waals surface area contributed by atoms with E-state index in [1.165, 1.54) is 74.9 Å². The second-order valence-electron chi connectivity index (χ2n) is 17.5. The summed E-state index contributed by atoms with van der Waals surface area (Å²) < 4.78 is 11.5. The minimum Gasteiger partial charge on any atom is -0.378 e. The Hall–Kier alpha value is -4.04. The number of likely N-dealkylation sites (N-methyl/N-ethyl adjacent to an activating group) is 2. The van der Waals surface area contributed by atoms with E-state index >= 15 is 0 Å². The third-order valence-electron chi connectivity index (χ3n) is 13.9. The lowest BCUT2D eigenvalue weighted by Gasteiger charge is -2.40. The highest BCUT2D eigenvalue weighted by atomic mass is 16.5. The minimum atomic E-state index is 0.211. The van der Waals surface area contributed by atoms with Gasteiger partial charge in [-0.15, -0.1) is 0 Å². The Balaban J connectivity index is 0.875. The van der Waals surface area contributed by atoms with Crippen LogP contribution in [0.4, 0.5) is 11.4 Å². The number of pyridine rings is 4. The number of anilines is 2. The molecule has 0 spiro atoms. The molecule has 2 saturated heterocycles. The summed E-state index contributed by atoms with van der Waals surface area (Å²) in [4.78, 5) is 30.5. The molecule has 0 aromatic carbocycles. The summed E-state index contributed by atoms with van der Waals surface area (Å²) in [6.07, 6.45) is 13.5. The Labute approximate surface area is 343 Å². The van der Waals surface area contributed by atoms with Crippen molar-refractivity contribution in [1.29, 1.82) is 0 Å². The summed E-state index contributed by atoms with van der Waals surface area (Å²) in [5.41, 5.74) is 14.3. The average Bonchev–Trinajstić information content (AvgIpc) is 3.28. The number of ether oxygens (including phenoxy) is 2. The molecule has 12 nitrogen and oxygen atoms in total. The van der Waals surface area contributed by atoms with Gasteiger partial charge in [0.05, 0.1) is 67.0 Å². The van der Waals surface area contributed by atoms with Gasteiger partial charge < -0.3 is 29.9 Å². The van der Waals surface area contributed by atoms with Gasteiger partial charge in [0.1, 0.15) is 0 Å². The predicted molar refractivity (Wildman–Crippen MR) is 226 cm³/mol. The van der Waals surface area contributed by atoms with Gasteiger partial charge in [-0.05, 0) is 106 Å². The fraction of sp³-hybridized carbons (Fsp3) is 0.565. The highest BCUT2D eigenvalue weighted by Crippen LogP contribution is 2.44. The Morgan fingerprint density at radius 1 is 0.690 bits per heavy atom. The van der Waals surface area contributed by atoms with Crippen LogP contribution in [-0.4, -0.2) is 122 Å². The first kappa shape index (κ1) is 38.2. The van der Waals surface area contributed by atoms with Crippen LogP contribution in [0.5, 0.6) is 0 Å². The van der Waals surface area contributed by atoms with Crippen molar-refractivity contribution in [3.8, 4) is 0 Å². The molecule has 0 saturated carbocycles. The first-order chi connectivity index (χ1) is 28.6. The normalized spacial score (nSPS) is 25.9. The van der Waals surface area contributed by atoms with Crippen LogP contribution in [0.25, 0.3) is 0 Å². The zero-order chi connectivity index (χ0) is 39.0. The minimum absolute atomic E-state index is 0.211. The highest BCUT2D eigenvalue weighted by Gasteiger charge is 2.36. The second kappa shape index (κ2) is 16.9. The number of rotatable bonds is 9. The zero-order valence-electron chi connectivity index (χ0n) is 34.4. The molecule has 58 heavy (non-hydrogen) atoms. The van der Waals surface area contributed by atoms with Crippen molar-refractivity contribution >= 4 is 11.4 Å². The largest absolute Gasteiger partial charge is 0.378 e. The molecule has 0 radical (unpaired) electrons. The molecule has 2 fully saturated rings. The third kappa shape index (κ3) is 7.63. The van der Waals surface area contributed by atoms with Crippen molar-refractivity contribution < 1.29 is 9.47 Å². The highest BCUT2D eigenvalue weighted by molar-refractivity contribution is 5.59. The summed E-state index contributed by atoms with van der Waals surface area (Å²) >= 11 is 0. The molecule has 306 valence electrons. The van der Waals surface area contributed by atoms with Gasteiger partial charge in [-0.1, -0.05) is 12.1 Å². The van der Waals surface area contributed by atoms with Gasteiger partial charge in [0.25, 0.3) is 0 Å². The number of nitrogens with one attached hydrogen (secondary N) is 2. The molecule has 0 bridgehead atoms. The van der Waals surface area contributed by atoms with Gasteiger partial charge in [-0.25, -0.2) is 0 Å². The van der Waals surface area contributed by atoms with Crippen LogP contribution in [0, 0.1) is 0 Å². The van der Waals surface area contributed by atoms with E-state index in [-0.39, 0.29) is 12.0 Å². The molecule has 1 unspecified atom stereocenters. The molecule has 6 aliphatic rings. The van der Waals surface area contributed by atoms with Crippen LogP contribution in [0.3, 0.4) is 0 Å². The second-order valence-corrected chi connectivity index (χ2v) is 17.5. The van der Waals surface area contributed by atoms with Crippen LogP contribution in [0.1, 0.15) is 94.4 Å². The number of aromatic nitrogens is 4. The molecule has 4 aliphatic heterocycles. The van der Waals surface area contributed by atoms with Crippen LogP contribution in [0.15, 0.2) is 55.0 Å². The lowest BCUT2D eigenvalue weighted by atomic mass is 9.79. The third-order valence-corrected chi connectivity index (χ3v) is 13.9. The van der Waals surface area contributed by atoms with Crippen molar-refractivity contribution in [1.82, 2.24) is 40.4 Å². The van der Waals surface area contributed by atoms with Gasteiger partial charge in [0.2, 0.25) is 0 Å². The van der Waals surface area contributed by atoms with Gasteiger partial charge in [0, 0.05) is 100 Å². The van der Waals surface area contributed by atoms with Gasteiger partial charge in [-0.2, -0.15) is 0 Å². The molecule has 2 N–H and O–H groups in total. The summed E-state index contributed by atoms with van der Waals surface area (Å²) in [5, 5.41) is 7.76. The molecule has 0 amide bonds. The van der Waals surface area contributed by atoms with Crippen molar-refractivity contribution in [2.24, 2.45) is 0 Å². The monoisotopic (exact) mass is 784 g/mol. The number of nitrogens with zero attached hydrogens (tertiary/aromatic N) is 8. The van der Waals surface area contributed by atoms with Crippen molar-refractivity contribution in [2.75, 3.05) is 89.6 Å². The van der Waals surface area contributed by atoms with E-state index in [9.17, 15) is 0 Å². The van der Waals surface area contributed by atoms with E-state index in [1.54, 1.807) is 0 Å². The van der Waals surface area contributed by atoms with Crippen molar-refractivity contribution in [3.63, 3.8) is 0 Å². The molecule has 12 heteroatoms. The number of morpholine rings is 2. The van der Waals surface area contributed by atoms with Crippen molar-refractivity contribution in [3.05, 3.63) is 106 Å². The van der Waals surface area contributed by atoms with Crippen molar-refractivity contribution in [2.45, 2.75) is 88.1 Å². The van der Waals surface area contributed by atoms with E-state index in [1.807, 2.05) is 18.6 Å². The molecule has 10 rings (SSSR count). The van der Waals surface area contributed by atoms with Crippen LogP contribution >= 0.6 is 0 Å². The first-order valence-electron chi connectivity index (χ1n) is 22.0.